The molecule has 160 valence electrons. The quantitative estimate of drug-likeness (QED) is 0.685. The molecule has 0 aliphatic carbocycles. The number of methoxy groups -OCH3 is 1. The maximum Gasteiger partial charge on any atom is 0.291 e. The van der Waals surface area contributed by atoms with Gasteiger partial charge in [-0.25, -0.2) is 4.98 Å². The van der Waals surface area contributed by atoms with Gasteiger partial charge in [0.25, 0.3) is 11.8 Å². The molecule has 0 saturated carbocycles. The number of imidazole rings is 1. The molecule has 1 N–H and O–H groups in total. The van der Waals surface area contributed by atoms with Crippen LogP contribution in [0.3, 0.4) is 0 Å². The molecule has 2 aromatic heterocycles. The van der Waals surface area contributed by atoms with E-state index >= 15 is 0 Å². The standard InChI is InChI=1S/C23H25N5O3/c1-15(2)28-20-10-12-27(23(30)16-5-4-11-24-13-16)14-19(20)26-21(28)22(29)25-17-6-8-18(31-3)9-7-17/h4-9,11,13,15H,10,12,14H2,1-3H3,(H,25,29). The van der Waals surface area contributed by atoms with Gasteiger partial charge in [0.2, 0.25) is 0 Å². The molecule has 1 aromatic carbocycles. The number of carbonyl (C=O) groups excluding carboxylic acids is 2. The number of fused-ring (bicyclic) bond motifs is 1. The zero-order chi connectivity index (χ0) is 22.0. The number of ether oxygens (including phenoxy) is 1. The highest BCUT2D eigenvalue weighted by atomic mass is 16.5. The number of carbonyl (C=O) groups is 2. The highest BCUT2D eigenvalue weighted by Crippen LogP contribution is 2.26. The highest BCUT2D eigenvalue weighted by Gasteiger charge is 2.30. The van der Waals surface area contributed by atoms with Crippen LogP contribution in [0.5, 0.6) is 5.75 Å². The fraction of sp³-hybridized carbons (Fsp3) is 0.304. The van der Waals surface area contributed by atoms with E-state index in [2.05, 4.69) is 15.3 Å². The van der Waals surface area contributed by atoms with Crippen LogP contribution in [-0.4, -0.2) is 44.9 Å². The first-order chi connectivity index (χ1) is 15.0. The number of hydrogen-bond acceptors (Lipinski definition) is 5. The van der Waals surface area contributed by atoms with Crippen molar-refractivity contribution < 1.29 is 14.3 Å². The van der Waals surface area contributed by atoms with Crippen LogP contribution in [0.4, 0.5) is 5.69 Å². The van der Waals surface area contributed by atoms with Crippen molar-refractivity contribution in [2.75, 3.05) is 19.0 Å². The van der Waals surface area contributed by atoms with E-state index in [1.54, 1.807) is 60.8 Å². The Kier molecular flexibility index (Phi) is 5.70. The summed E-state index contributed by atoms with van der Waals surface area (Å²) in [5.74, 6) is 0.711. The van der Waals surface area contributed by atoms with Gasteiger partial charge in [-0.3, -0.25) is 14.6 Å². The summed E-state index contributed by atoms with van der Waals surface area (Å²) in [6.45, 7) is 4.99. The van der Waals surface area contributed by atoms with Crippen LogP contribution in [0.2, 0.25) is 0 Å². The maximum absolute atomic E-state index is 13.0. The second kappa shape index (κ2) is 8.59. The molecular formula is C23H25N5O3. The third-order valence-electron chi connectivity index (χ3n) is 5.32. The summed E-state index contributed by atoms with van der Waals surface area (Å²) in [6, 6.07) is 10.7. The van der Waals surface area contributed by atoms with Crippen molar-refractivity contribution in [3.8, 4) is 5.75 Å². The normalized spacial score (nSPS) is 13.1. The number of rotatable bonds is 5. The molecule has 0 saturated heterocycles. The lowest BCUT2D eigenvalue weighted by atomic mass is 10.1. The number of benzene rings is 1. The molecule has 1 aliphatic rings. The molecule has 2 amide bonds. The Labute approximate surface area is 180 Å². The van der Waals surface area contributed by atoms with Crippen molar-refractivity contribution in [2.24, 2.45) is 0 Å². The Bertz CT molecular complexity index is 1090. The third-order valence-corrected chi connectivity index (χ3v) is 5.32. The Balaban J connectivity index is 1.58. The first kappa shape index (κ1) is 20.6. The lowest BCUT2D eigenvalue weighted by molar-refractivity contribution is 0.0730. The molecule has 0 atom stereocenters. The minimum atomic E-state index is -0.279. The van der Waals surface area contributed by atoms with Gasteiger partial charge in [-0.15, -0.1) is 0 Å². The summed E-state index contributed by atoms with van der Waals surface area (Å²) < 4.78 is 7.13. The lowest BCUT2D eigenvalue weighted by Crippen LogP contribution is -2.36. The second-order valence-corrected chi connectivity index (χ2v) is 7.69. The predicted octanol–water partition coefficient (Wildman–Crippen LogP) is 3.32. The molecule has 0 unspecified atom stereocenters. The molecule has 8 heteroatoms. The van der Waals surface area contributed by atoms with Gasteiger partial charge in [0.05, 0.1) is 24.9 Å². The van der Waals surface area contributed by atoms with E-state index in [1.807, 2.05) is 18.4 Å². The topological polar surface area (TPSA) is 89.4 Å². The number of anilines is 1. The van der Waals surface area contributed by atoms with E-state index in [0.29, 0.717) is 36.6 Å². The molecule has 0 radical (unpaired) electrons. The fourth-order valence-electron chi connectivity index (χ4n) is 3.83. The summed E-state index contributed by atoms with van der Waals surface area (Å²) >= 11 is 0. The number of nitrogens with zero attached hydrogens (tertiary/aromatic N) is 4. The molecule has 4 rings (SSSR count). The zero-order valence-corrected chi connectivity index (χ0v) is 17.8. The van der Waals surface area contributed by atoms with Gasteiger partial charge in [0, 0.05) is 42.8 Å². The molecule has 0 fully saturated rings. The van der Waals surface area contributed by atoms with Gasteiger partial charge < -0.3 is 19.5 Å². The van der Waals surface area contributed by atoms with Gasteiger partial charge >= 0.3 is 0 Å². The van der Waals surface area contributed by atoms with Gasteiger partial charge in [0.1, 0.15) is 5.75 Å². The largest absolute Gasteiger partial charge is 0.497 e. The van der Waals surface area contributed by atoms with Crippen molar-refractivity contribution in [1.29, 1.82) is 0 Å². The summed E-state index contributed by atoms with van der Waals surface area (Å²) in [5, 5.41) is 2.91. The van der Waals surface area contributed by atoms with E-state index in [0.717, 1.165) is 17.1 Å². The minimum absolute atomic E-state index is 0.0634. The Morgan fingerprint density at radius 2 is 1.94 bits per heavy atom. The number of aromatic nitrogens is 3. The SMILES string of the molecule is COc1ccc(NC(=O)c2nc3c(n2C(C)C)CCN(C(=O)c2cccnc2)C3)cc1. The first-order valence-electron chi connectivity index (χ1n) is 10.2. The van der Waals surface area contributed by atoms with E-state index in [9.17, 15) is 9.59 Å². The van der Waals surface area contributed by atoms with E-state index in [1.165, 1.54) is 0 Å². The van der Waals surface area contributed by atoms with Crippen LogP contribution < -0.4 is 10.1 Å². The van der Waals surface area contributed by atoms with E-state index < -0.39 is 0 Å². The Morgan fingerprint density at radius 1 is 1.16 bits per heavy atom. The molecule has 8 nitrogen and oxygen atoms in total. The third kappa shape index (κ3) is 4.14. The summed E-state index contributed by atoms with van der Waals surface area (Å²) in [4.78, 5) is 36.3. The van der Waals surface area contributed by atoms with Gasteiger partial charge in [-0.1, -0.05) is 0 Å². The molecule has 1 aliphatic heterocycles. The average molecular weight is 419 g/mol. The smallest absolute Gasteiger partial charge is 0.291 e. The van der Waals surface area contributed by atoms with E-state index in [4.69, 9.17) is 4.74 Å². The monoisotopic (exact) mass is 419 g/mol. The van der Waals surface area contributed by atoms with Crippen LogP contribution in [0.1, 0.15) is 52.3 Å². The van der Waals surface area contributed by atoms with Crippen molar-refractivity contribution in [3.05, 3.63) is 71.6 Å². The number of nitrogens with one attached hydrogen (secondary N) is 1. The van der Waals surface area contributed by atoms with Crippen molar-refractivity contribution in [2.45, 2.75) is 32.9 Å². The predicted molar refractivity (Wildman–Crippen MR) is 116 cm³/mol. The molecule has 0 spiro atoms. The highest BCUT2D eigenvalue weighted by molar-refractivity contribution is 6.02. The number of hydrogen-bond donors (Lipinski definition) is 1. The van der Waals surface area contributed by atoms with Crippen LogP contribution in [-0.2, 0) is 13.0 Å². The van der Waals surface area contributed by atoms with Crippen LogP contribution in [0.25, 0.3) is 0 Å². The molecule has 3 heterocycles. The Morgan fingerprint density at radius 3 is 2.58 bits per heavy atom. The van der Waals surface area contributed by atoms with Gasteiger partial charge in [-0.05, 0) is 50.2 Å². The van der Waals surface area contributed by atoms with E-state index in [-0.39, 0.29) is 17.9 Å². The van der Waals surface area contributed by atoms with Crippen LogP contribution in [0.15, 0.2) is 48.8 Å². The van der Waals surface area contributed by atoms with Crippen molar-refractivity contribution in [3.63, 3.8) is 0 Å². The minimum Gasteiger partial charge on any atom is -0.497 e. The van der Waals surface area contributed by atoms with Gasteiger partial charge in [0.15, 0.2) is 5.82 Å². The summed E-state index contributed by atoms with van der Waals surface area (Å²) in [5.41, 5.74) is 2.98. The van der Waals surface area contributed by atoms with Crippen LogP contribution >= 0.6 is 0 Å². The zero-order valence-electron chi connectivity index (χ0n) is 17.8. The Hall–Kier alpha value is -3.68. The summed E-state index contributed by atoms with van der Waals surface area (Å²) in [6.07, 6.45) is 3.85. The van der Waals surface area contributed by atoms with Crippen molar-refractivity contribution >= 4 is 17.5 Å². The molecule has 3 aromatic rings. The molecule has 0 bridgehead atoms. The van der Waals surface area contributed by atoms with Crippen molar-refractivity contribution in [1.82, 2.24) is 19.4 Å². The number of amides is 2. The first-order valence-corrected chi connectivity index (χ1v) is 10.2. The molecule has 31 heavy (non-hydrogen) atoms. The second-order valence-electron chi connectivity index (χ2n) is 7.69. The maximum atomic E-state index is 13.0. The number of pyridine rings is 1. The summed E-state index contributed by atoms with van der Waals surface area (Å²) in [7, 11) is 1.60. The molecular weight excluding hydrogens is 394 g/mol. The lowest BCUT2D eigenvalue weighted by Gasteiger charge is -2.27. The van der Waals surface area contributed by atoms with Gasteiger partial charge in [-0.2, -0.15) is 0 Å². The van der Waals surface area contributed by atoms with Crippen LogP contribution in [0, 0.1) is 0 Å². The fourth-order valence-corrected chi connectivity index (χ4v) is 3.83. The average Bonchev–Trinajstić information content (AvgIpc) is 3.19.